The Morgan fingerprint density at radius 3 is 2.65 bits per heavy atom. The minimum atomic E-state index is -0.359. The lowest BCUT2D eigenvalue weighted by Crippen LogP contribution is -2.39. The Balaban J connectivity index is 1.56. The Hall–Kier alpha value is -1.93. The number of rotatable bonds is 6. The van der Waals surface area contributed by atoms with Crippen LogP contribution >= 0.6 is 23.2 Å². The molecule has 0 spiro atoms. The number of nitrogens with zero attached hydrogens (tertiary/aromatic N) is 3. The fraction of sp³-hybridized carbons (Fsp3) is 0.353. The third-order valence-corrected chi connectivity index (χ3v) is 4.26. The zero-order valence-electron chi connectivity index (χ0n) is 14.0. The van der Waals surface area contributed by atoms with Crippen molar-refractivity contribution in [2.45, 2.75) is 0 Å². The third kappa shape index (κ3) is 5.54. The SMILES string of the molecule is O=C(Nc1cc(Cl)cc(Cl)c1)c1ccnc(NCCN2CCOCC2)n1. The Labute approximate surface area is 161 Å². The molecule has 1 amide bonds. The Bertz CT molecular complexity index is 748. The maximum atomic E-state index is 12.4. The molecule has 9 heteroatoms. The summed E-state index contributed by atoms with van der Waals surface area (Å²) in [6.07, 6.45) is 1.55. The van der Waals surface area contributed by atoms with E-state index in [1.165, 1.54) is 0 Å². The summed E-state index contributed by atoms with van der Waals surface area (Å²) in [4.78, 5) is 23.1. The third-order valence-electron chi connectivity index (χ3n) is 3.82. The maximum absolute atomic E-state index is 12.4. The van der Waals surface area contributed by atoms with Crippen molar-refractivity contribution in [1.82, 2.24) is 14.9 Å². The predicted octanol–water partition coefficient (Wildman–Crippen LogP) is 2.78. The minimum absolute atomic E-state index is 0.255. The van der Waals surface area contributed by atoms with Crippen LogP contribution in [0.4, 0.5) is 11.6 Å². The lowest BCUT2D eigenvalue weighted by atomic mass is 10.3. The molecule has 0 aliphatic carbocycles. The van der Waals surface area contributed by atoms with Crippen LogP contribution in [0.25, 0.3) is 0 Å². The maximum Gasteiger partial charge on any atom is 0.274 e. The van der Waals surface area contributed by atoms with Crippen molar-refractivity contribution >= 4 is 40.7 Å². The summed E-state index contributed by atoms with van der Waals surface area (Å²) >= 11 is 11.9. The van der Waals surface area contributed by atoms with Gasteiger partial charge in [-0.25, -0.2) is 9.97 Å². The Kier molecular flexibility index (Phi) is 6.62. The molecule has 0 saturated carbocycles. The van der Waals surface area contributed by atoms with Gasteiger partial charge in [0.25, 0.3) is 5.91 Å². The standard InChI is InChI=1S/C17H19Cl2N5O2/c18-12-9-13(19)11-14(10-12)22-16(25)15-1-2-20-17(23-15)21-3-4-24-5-7-26-8-6-24/h1-2,9-11H,3-8H2,(H,22,25)(H,20,21,23). The van der Waals surface area contributed by atoms with E-state index in [1.54, 1.807) is 30.5 Å². The average molecular weight is 396 g/mol. The number of hydrogen-bond donors (Lipinski definition) is 2. The highest BCUT2D eigenvalue weighted by molar-refractivity contribution is 6.35. The van der Waals surface area contributed by atoms with Crippen molar-refractivity contribution in [2.75, 3.05) is 50.0 Å². The van der Waals surface area contributed by atoms with Crippen LogP contribution in [-0.2, 0) is 4.74 Å². The summed E-state index contributed by atoms with van der Waals surface area (Å²) in [6.45, 7) is 4.93. The normalized spacial score (nSPS) is 14.8. The van der Waals surface area contributed by atoms with Gasteiger partial charge < -0.3 is 15.4 Å². The molecule has 0 atom stereocenters. The van der Waals surface area contributed by atoms with E-state index in [0.29, 0.717) is 28.2 Å². The molecular formula is C17H19Cl2N5O2. The summed E-state index contributed by atoms with van der Waals surface area (Å²) in [5.41, 5.74) is 0.762. The van der Waals surface area contributed by atoms with E-state index in [2.05, 4.69) is 25.5 Å². The largest absolute Gasteiger partial charge is 0.379 e. The molecule has 3 rings (SSSR count). The lowest BCUT2D eigenvalue weighted by Gasteiger charge is -2.26. The van der Waals surface area contributed by atoms with Crippen LogP contribution in [0.1, 0.15) is 10.5 Å². The van der Waals surface area contributed by atoms with Crippen molar-refractivity contribution in [3.8, 4) is 0 Å². The van der Waals surface area contributed by atoms with Crippen LogP contribution in [0.2, 0.25) is 10.0 Å². The zero-order valence-corrected chi connectivity index (χ0v) is 15.6. The van der Waals surface area contributed by atoms with Gasteiger partial charge in [0.15, 0.2) is 0 Å². The van der Waals surface area contributed by atoms with Gasteiger partial charge in [-0.15, -0.1) is 0 Å². The molecule has 7 nitrogen and oxygen atoms in total. The quantitative estimate of drug-likeness (QED) is 0.782. The number of nitrogens with one attached hydrogen (secondary N) is 2. The molecule has 138 valence electrons. The molecule has 2 N–H and O–H groups in total. The van der Waals surface area contributed by atoms with Gasteiger partial charge in [-0.2, -0.15) is 0 Å². The highest BCUT2D eigenvalue weighted by atomic mass is 35.5. The van der Waals surface area contributed by atoms with E-state index in [4.69, 9.17) is 27.9 Å². The van der Waals surface area contributed by atoms with Crippen molar-refractivity contribution in [3.05, 3.63) is 46.2 Å². The first-order valence-corrected chi connectivity index (χ1v) is 9.00. The number of carbonyl (C=O) groups excluding carboxylic acids is 1. The van der Waals surface area contributed by atoms with Gasteiger partial charge >= 0.3 is 0 Å². The molecule has 1 saturated heterocycles. The van der Waals surface area contributed by atoms with Gasteiger partial charge in [0.05, 0.1) is 13.2 Å². The van der Waals surface area contributed by atoms with Crippen LogP contribution in [0, 0.1) is 0 Å². The smallest absolute Gasteiger partial charge is 0.274 e. The Morgan fingerprint density at radius 2 is 1.92 bits per heavy atom. The molecule has 0 bridgehead atoms. The van der Waals surface area contributed by atoms with E-state index < -0.39 is 0 Å². The second-order valence-electron chi connectivity index (χ2n) is 5.76. The van der Waals surface area contributed by atoms with Gasteiger partial charge in [0.2, 0.25) is 5.95 Å². The number of morpholine rings is 1. The summed E-state index contributed by atoms with van der Waals surface area (Å²) in [5.74, 6) is 0.0528. The molecular weight excluding hydrogens is 377 g/mol. The number of aromatic nitrogens is 2. The molecule has 2 aromatic rings. The summed E-state index contributed by atoms with van der Waals surface area (Å²) in [5, 5.41) is 6.76. The summed E-state index contributed by atoms with van der Waals surface area (Å²) in [6, 6.07) is 6.39. The van der Waals surface area contributed by atoms with E-state index >= 15 is 0 Å². The molecule has 1 aliphatic rings. The summed E-state index contributed by atoms with van der Waals surface area (Å²) in [7, 11) is 0. The molecule has 2 heterocycles. The van der Waals surface area contributed by atoms with Crippen LogP contribution in [0.5, 0.6) is 0 Å². The number of ether oxygens (including phenoxy) is 1. The second-order valence-corrected chi connectivity index (χ2v) is 6.63. The molecule has 0 unspecified atom stereocenters. The first kappa shape index (κ1) is 18.8. The van der Waals surface area contributed by atoms with E-state index in [9.17, 15) is 4.79 Å². The van der Waals surface area contributed by atoms with E-state index in [-0.39, 0.29) is 11.6 Å². The molecule has 26 heavy (non-hydrogen) atoms. The van der Waals surface area contributed by atoms with Crippen molar-refractivity contribution < 1.29 is 9.53 Å². The van der Waals surface area contributed by atoms with Crippen LogP contribution in [0.15, 0.2) is 30.5 Å². The zero-order chi connectivity index (χ0) is 18.4. The molecule has 0 radical (unpaired) electrons. The number of benzene rings is 1. The van der Waals surface area contributed by atoms with Gasteiger partial charge in [-0.3, -0.25) is 9.69 Å². The lowest BCUT2D eigenvalue weighted by molar-refractivity contribution is 0.0398. The molecule has 1 fully saturated rings. The van der Waals surface area contributed by atoms with Crippen LogP contribution in [-0.4, -0.2) is 60.2 Å². The topological polar surface area (TPSA) is 79.4 Å². The van der Waals surface area contributed by atoms with E-state index in [1.807, 2.05) is 0 Å². The monoisotopic (exact) mass is 395 g/mol. The number of hydrogen-bond acceptors (Lipinski definition) is 6. The highest BCUT2D eigenvalue weighted by Gasteiger charge is 2.12. The van der Waals surface area contributed by atoms with E-state index in [0.717, 1.165) is 32.8 Å². The van der Waals surface area contributed by atoms with Crippen molar-refractivity contribution in [3.63, 3.8) is 0 Å². The first-order chi connectivity index (χ1) is 12.6. The fourth-order valence-electron chi connectivity index (χ4n) is 2.54. The molecule has 1 aromatic carbocycles. The predicted molar refractivity (Wildman–Crippen MR) is 102 cm³/mol. The van der Waals surface area contributed by atoms with Gasteiger partial charge in [0.1, 0.15) is 5.69 Å². The highest BCUT2D eigenvalue weighted by Crippen LogP contribution is 2.22. The number of halogens is 2. The van der Waals surface area contributed by atoms with Crippen molar-refractivity contribution in [2.24, 2.45) is 0 Å². The summed E-state index contributed by atoms with van der Waals surface area (Å²) < 4.78 is 5.32. The number of anilines is 2. The van der Waals surface area contributed by atoms with Gasteiger partial charge in [0, 0.05) is 48.1 Å². The second kappa shape index (κ2) is 9.14. The van der Waals surface area contributed by atoms with Crippen molar-refractivity contribution in [1.29, 1.82) is 0 Å². The molecule has 1 aromatic heterocycles. The van der Waals surface area contributed by atoms with Gasteiger partial charge in [-0.05, 0) is 24.3 Å². The van der Waals surface area contributed by atoms with Gasteiger partial charge in [-0.1, -0.05) is 23.2 Å². The van der Waals surface area contributed by atoms with Crippen LogP contribution in [0.3, 0.4) is 0 Å². The minimum Gasteiger partial charge on any atom is -0.379 e. The fourth-order valence-corrected chi connectivity index (χ4v) is 3.07. The first-order valence-electron chi connectivity index (χ1n) is 8.24. The average Bonchev–Trinajstić information content (AvgIpc) is 2.62. The van der Waals surface area contributed by atoms with Crippen LogP contribution < -0.4 is 10.6 Å². The number of carbonyl (C=O) groups is 1. The number of amides is 1. The molecule has 1 aliphatic heterocycles. The Morgan fingerprint density at radius 1 is 1.19 bits per heavy atom.